The fraction of sp³-hybridized carbons (Fsp3) is 0.385. The average Bonchev–Trinajstić information content (AvgIpc) is 2.77. The van der Waals surface area contributed by atoms with E-state index in [0.717, 1.165) is 35.7 Å². The third-order valence-corrected chi connectivity index (χ3v) is 2.73. The molecule has 0 aliphatic carbocycles. The average molecular weight is 230 g/mol. The van der Waals surface area contributed by atoms with E-state index in [2.05, 4.69) is 16.9 Å². The number of imidazole rings is 1. The van der Waals surface area contributed by atoms with Gasteiger partial charge in [-0.3, -0.25) is 4.57 Å². The van der Waals surface area contributed by atoms with Crippen LogP contribution in [-0.2, 0) is 13.0 Å². The molecule has 0 atom stereocenters. The zero-order chi connectivity index (χ0) is 12.3. The van der Waals surface area contributed by atoms with Crippen molar-refractivity contribution in [2.75, 3.05) is 0 Å². The van der Waals surface area contributed by atoms with Crippen LogP contribution < -0.4 is 5.73 Å². The third kappa shape index (κ3) is 2.36. The summed E-state index contributed by atoms with van der Waals surface area (Å²) in [6.07, 6.45) is 5.79. The first kappa shape index (κ1) is 11.8. The van der Waals surface area contributed by atoms with Crippen molar-refractivity contribution < 1.29 is 0 Å². The van der Waals surface area contributed by atoms with Crippen molar-refractivity contribution in [1.82, 2.24) is 14.5 Å². The zero-order valence-corrected chi connectivity index (χ0v) is 10.3. The Bertz CT molecular complexity index is 502. The maximum atomic E-state index is 5.76. The molecule has 4 nitrogen and oxygen atoms in total. The van der Waals surface area contributed by atoms with Crippen molar-refractivity contribution in [3.05, 3.63) is 41.6 Å². The number of aryl methyl sites for hydroxylation is 2. The largest absolute Gasteiger partial charge is 0.326 e. The van der Waals surface area contributed by atoms with Crippen LogP contribution in [0.15, 0.2) is 24.5 Å². The summed E-state index contributed by atoms with van der Waals surface area (Å²) in [5.41, 5.74) is 7.80. The van der Waals surface area contributed by atoms with Gasteiger partial charge < -0.3 is 5.73 Å². The smallest absolute Gasteiger partial charge is 0.142 e. The van der Waals surface area contributed by atoms with Gasteiger partial charge in [-0.05, 0) is 19.4 Å². The van der Waals surface area contributed by atoms with Crippen LogP contribution in [0.3, 0.4) is 0 Å². The molecule has 2 aromatic heterocycles. The molecule has 0 unspecified atom stereocenters. The highest BCUT2D eigenvalue weighted by Crippen LogP contribution is 2.15. The standard InChI is InChI=1S/C13H18N4/c1-3-4-12-15-7-8-17(12)13-11(9-14)6-5-10(2)16-13/h5-8H,3-4,9,14H2,1-2H3. The molecular formula is C13H18N4. The first-order chi connectivity index (χ1) is 8.26. The minimum atomic E-state index is 0.492. The molecule has 0 radical (unpaired) electrons. The third-order valence-electron chi connectivity index (χ3n) is 2.73. The molecule has 0 bridgehead atoms. The molecule has 0 amide bonds. The van der Waals surface area contributed by atoms with E-state index in [0.29, 0.717) is 6.54 Å². The van der Waals surface area contributed by atoms with E-state index in [1.165, 1.54) is 0 Å². The van der Waals surface area contributed by atoms with Gasteiger partial charge in [0.05, 0.1) is 0 Å². The Labute approximate surface area is 102 Å². The van der Waals surface area contributed by atoms with Crippen LogP contribution in [0.25, 0.3) is 5.82 Å². The van der Waals surface area contributed by atoms with E-state index in [1.807, 2.05) is 36.0 Å². The fourth-order valence-electron chi connectivity index (χ4n) is 1.88. The van der Waals surface area contributed by atoms with Crippen molar-refractivity contribution in [3.63, 3.8) is 0 Å². The fourth-order valence-corrected chi connectivity index (χ4v) is 1.88. The minimum absolute atomic E-state index is 0.492. The molecule has 0 saturated carbocycles. The highest BCUT2D eigenvalue weighted by atomic mass is 15.1. The quantitative estimate of drug-likeness (QED) is 0.873. The lowest BCUT2D eigenvalue weighted by atomic mass is 10.2. The molecular weight excluding hydrogens is 212 g/mol. The summed E-state index contributed by atoms with van der Waals surface area (Å²) in [7, 11) is 0. The SMILES string of the molecule is CCCc1nccn1-c1nc(C)ccc1CN. The highest BCUT2D eigenvalue weighted by molar-refractivity contribution is 5.36. The van der Waals surface area contributed by atoms with E-state index in [1.54, 1.807) is 0 Å². The predicted molar refractivity (Wildman–Crippen MR) is 68.0 cm³/mol. The van der Waals surface area contributed by atoms with Gasteiger partial charge in [-0.1, -0.05) is 13.0 Å². The van der Waals surface area contributed by atoms with Crippen LogP contribution in [0.5, 0.6) is 0 Å². The maximum Gasteiger partial charge on any atom is 0.142 e. The van der Waals surface area contributed by atoms with Gasteiger partial charge in [0.2, 0.25) is 0 Å². The summed E-state index contributed by atoms with van der Waals surface area (Å²) >= 11 is 0. The number of nitrogens with zero attached hydrogens (tertiary/aromatic N) is 3. The van der Waals surface area contributed by atoms with Gasteiger partial charge in [-0.15, -0.1) is 0 Å². The molecule has 0 aliphatic rings. The van der Waals surface area contributed by atoms with Crippen molar-refractivity contribution in [3.8, 4) is 5.82 Å². The first-order valence-corrected chi connectivity index (χ1v) is 5.95. The van der Waals surface area contributed by atoms with Gasteiger partial charge in [0, 0.05) is 36.6 Å². The number of rotatable bonds is 4. The van der Waals surface area contributed by atoms with Gasteiger partial charge >= 0.3 is 0 Å². The van der Waals surface area contributed by atoms with E-state index in [4.69, 9.17) is 5.73 Å². The highest BCUT2D eigenvalue weighted by Gasteiger charge is 2.09. The van der Waals surface area contributed by atoms with Crippen LogP contribution in [0.1, 0.15) is 30.4 Å². The van der Waals surface area contributed by atoms with E-state index < -0.39 is 0 Å². The number of hydrogen-bond donors (Lipinski definition) is 1. The molecule has 0 aromatic carbocycles. The molecule has 0 saturated heterocycles. The summed E-state index contributed by atoms with van der Waals surface area (Å²) in [4.78, 5) is 8.94. The number of aromatic nitrogens is 3. The Morgan fingerprint density at radius 1 is 1.35 bits per heavy atom. The number of nitrogens with two attached hydrogens (primary N) is 1. The summed E-state index contributed by atoms with van der Waals surface area (Å²) in [6, 6.07) is 4.02. The minimum Gasteiger partial charge on any atom is -0.326 e. The Morgan fingerprint density at radius 2 is 2.18 bits per heavy atom. The van der Waals surface area contributed by atoms with E-state index in [-0.39, 0.29) is 0 Å². The summed E-state index contributed by atoms with van der Waals surface area (Å²) in [5, 5.41) is 0. The van der Waals surface area contributed by atoms with Crippen LogP contribution in [0.4, 0.5) is 0 Å². The topological polar surface area (TPSA) is 56.7 Å². The maximum absolute atomic E-state index is 5.76. The van der Waals surface area contributed by atoms with Crippen molar-refractivity contribution in [2.45, 2.75) is 33.2 Å². The second-order valence-corrected chi connectivity index (χ2v) is 4.10. The summed E-state index contributed by atoms with van der Waals surface area (Å²) in [6.45, 7) is 4.62. The molecule has 2 heterocycles. The summed E-state index contributed by atoms with van der Waals surface area (Å²) < 4.78 is 2.04. The first-order valence-electron chi connectivity index (χ1n) is 5.95. The van der Waals surface area contributed by atoms with Gasteiger partial charge in [-0.2, -0.15) is 0 Å². The molecule has 90 valence electrons. The van der Waals surface area contributed by atoms with Gasteiger partial charge in [0.25, 0.3) is 0 Å². The number of hydrogen-bond acceptors (Lipinski definition) is 3. The Kier molecular flexibility index (Phi) is 3.54. The Hall–Kier alpha value is -1.68. The van der Waals surface area contributed by atoms with Crippen LogP contribution >= 0.6 is 0 Å². The van der Waals surface area contributed by atoms with Crippen LogP contribution in [0.2, 0.25) is 0 Å². The Balaban J connectivity index is 2.51. The van der Waals surface area contributed by atoms with E-state index >= 15 is 0 Å². The predicted octanol–water partition coefficient (Wildman–Crippen LogP) is 1.99. The van der Waals surface area contributed by atoms with Crippen molar-refractivity contribution in [1.29, 1.82) is 0 Å². The lowest BCUT2D eigenvalue weighted by Gasteiger charge is -2.11. The monoisotopic (exact) mass is 230 g/mol. The van der Waals surface area contributed by atoms with Gasteiger partial charge in [-0.25, -0.2) is 9.97 Å². The normalized spacial score (nSPS) is 10.8. The second-order valence-electron chi connectivity index (χ2n) is 4.10. The van der Waals surface area contributed by atoms with Crippen LogP contribution in [0, 0.1) is 6.92 Å². The molecule has 4 heteroatoms. The molecule has 0 spiro atoms. The molecule has 2 rings (SSSR count). The number of pyridine rings is 1. The molecule has 0 aliphatic heterocycles. The lowest BCUT2D eigenvalue weighted by molar-refractivity contribution is 0.787. The van der Waals surface area contributed by atoms with Crippen molar-refractivity contribution in [2.24, 2.45) is 5.73 Å². The second kappa shape index (κ2) is 5.10. The molecule has 2 N–H and O–H groups in total. The molecule has 2 aromatic rings. The van der Waals surface area contributed by atoms with E-state index in [9.17, 15) is 0 Å². The summed E-state index contributed by atoms with van der Waals surface area (Å²) in [5.74, 6) is 1.95. The zero-order valence-electron chi connectivity index (χ0n) is 10.3. The van der Waals surface area contributed by atoms with Gasteiger partial charge in [0.1, 0.15) is 11.6 Å². The van der Waals surface area contributed by atoms with Crippen LogP contribution in [-0.4, -0.2) is 14.5 Å². The molecule has 17 heavy (non-hydrogen) atoms. The van der Waals surface area contributed by atoms with Gasteiger partial charge in [0.15, 0.2) is 0 Å². The van der Waals surface area contributed by atoms with Crippen molar-refractivity contribution >= 4 is 0 Å². The lowest BCUT2D eigenvalue weighted by Crippen LogP contribution is -2.09. The Morgan fingerprint density at radius 3 is 2.88 bits per heavy atom. The molecule has 0 fully saturated rings.